The molecule has 0 aliphatic heterocycles. The summed E-state index contributed by atoms with van der Waals surface area (Å²) in [5.41, 5.74) is 0. The number of rotatable bonds is 5. The summed E-state index contributed by atoms with van der Waals surface area (Å²) in [6.45, 7) is 0. The van der Waals surface area contributed by atoms with Gasteiger partial charge in [-0.2, -0.15) is 0 Å². The highest BCUT2D eigenvalue weighted by Gasteiger charge is 2.29. The lowest BCUT2D eigenvalue weighted by Crippen LogP contribution is -2.24. The predicted molar refractivity (Wildman–Crippen MR) is 116 cm³/mol. The van der Waals surface area contributed by atoms with Crippen molar-refractivity contribution < 1.29 is 19.5 Å². The van der Waals surface area contributed by atoms with Crippen LogP contribution in [0.4, 0.5) is 0 Å². The predicted octanol–water partition coefficient (Wildman–Crippen LogP) is 4.53. The molecule has 0 saturated carbocycles. The third kappa shape index (κ3) is 3.89. The average molecular weight is 402 g/mol. The van der Waals surface area contributed by atoms with Crippen LogP contribution in [0.15, 0.2) is 103 Å². The molecule has 0 aliphatic carbocycles. The smallest absolute Gasteiger partial charge is 0.171 e. The number of ether oxygens (including phenoxy) is 1. The minimum Gasteiger partial charge on any atom is -0.508 e. The molecule has 4 aromatic rings. The first-order chi connectivity index (χ1) is 14.1. The molecule has 4 nitrogen and oxygen atoms in total. The average Bonchev–Trinajstić information content (AvgIpc) is 2.75. The van der Waals surface area contributed by atoms with E-state index in [4.69, 9.17) is 4.74 Å². The minimum absolute atomic E-state index is 0.109. The monoisotopic (exact) mass is 402 g/mol. The van der Waals surface area contributed by atoms with Gasteiger partial charge in [0.2, 0.25) is 0 Å². The second-order valence-corrected chi connectivity index (χ2v) is 9.32. The fourth-order valence-electron chi connectivity index (χ4n) is 3.12. The molecule has 0 bridgehead atoms. The maximum absolute atomic E-state index is 14.3. The van der Waals surface area contributed by atoms with Crippen molar-refractivity contribution in [1.29, 1.82) is 0 Å². The molecular formula is C24H19O4P. The molecule has 144 valence electrons. The summed E-state index contributed by atoms with van der Waals surface area (Å²) in [6.07, 6.45) is 0. The van der Waals surface area contributed by atoms with Crippen molar-refractivity contribution in [3.8, 4) is 23.0 Å². The van der Waals surface area contributed by atoms with Gasteiger partial charge in [0.05, 0.1) is 0 Å². The Hall–Kier alpha value is -3.49. The molecule has 0 fully saturated rings. The number of para-hydroxylation sites is 1. The second-order valence-electron chi connectivity index (χ2n) is 6.55. The molecule has 0 radical (unpaired) electrons. The lowest BCUT2D eigenvalue weighted by Gasteiger charge is -2.20. The highest BCUT2D eigenvalue weighted by molar-refractivity contribution is 7.85. The number of phenolic OH excluding ortho intramolecular Hbond substituents is 2. The van der Waals surface area contributed by atoms with Gasteiger partial charge in [-0.05, 0) is 84.9 Å². The van der Waals surface area contributed by atoms with Crippen molar-refractivity contribution in [3.05, 3.63) is 103 Å². The van der Waals surface area contributed by atoms with E-state index >= 15 is 0 Å². The summed E-state index contributed by atoms with van der Waals surface area (Å²) in [7, 11) is -3.20. The van der Waals surface area contributed by atoms with E-state index < -0.39 is 7.14 Å². The molecule has 4 aromatic carbocycles. The van der Waals surface area contributed by atoms with Crippen molar-refractivity contribution in [2.75, 3.05) is 0 Å². The summed E-state index contributed by atoms with van der Waals surface area (Å²) in [5, 5.41) is 21.1. The highest BCUT2D eigenvalue weighted by Crippen LogP contribution is 2.43. The zero-order valence-electron chi connectivity index (χ0n) is 15.5. The van der Waals surface area contributed by atoms with Crippen LogP contribution in [-0.4, -0.2) is 10.2 Å². The summed E-state index contributed by atoms with van der Waals surface area (Å²) in [6, 6.07) is 29.3. The third-order valence-corrected chi connectivity index (χ3v) is 7.68. The van der Waals surface area contributed by atoms with Gasteiger partial charge in [0.25, 0.3) is 0 Å². The van der Waals surface area contributed by atoms with Gasteiger partial charge in [-0.15, -0.1) is 0 Å². The van der Waals surface area contributed by atoms with Crippen molar-refractivity contribution >= 4 is 23.1 Å². The van der Waals surface area contributed by atoms with Gasteiger partial charge in [-0.1, -0.05) is 18.2 Å². The normalized spacial score (nSPS) is 11.2. The van der Waals surface area contributed by atoms with Crippen molar-refractivity contribution in [2.45, 2.75) is 0 Å². The van der Waals surface area contributed by atoms with Crippen LogP contribution in [-0.2, 0) is 4.57 Å². The van der Waals surface area contributed by atoms with Gasteiger partial charge in [-0.25, -0.2) is 0 Å². The van der Waals surface area contributed by atoms with Crippen LogP contribution in [0.3, 0.4) is 0 Å². The summed E-state index contributed by atoms with van der Waals surface area (Å²) < 4.78 is 20.1. The lowest BCUT2D eigenvalue weighted by atomic mass is 10.3. The van der Waals surface area contributed by atoms with Crippen LogP contribution in [0.5, 0.6) is 23.0 Å². The van der Waals surface area contributed by atoms with E-state index in [9.17, 15) is 14.8 Å². The molecule has 0 aliphatic rings. The fourth-order valence-corrected chi connectivity index (χ4v) is 5.72. The zero-order valence-corrected chi connectivity index (χ0v) is 16.4. The van der Waals surface area contributed by atoms with E-state index in [-0.39, 0.29) is 11.5 Å². The topological polar surface area (TPSA) is 66.8 Å². The Bertz CT molecular complexity index is 1090. The van der Waals surface area contributed by atoms with Crippen molar-refractivity contribution in [1.82, 2.24) is 0 Å². The Morgan fingerprint density at radius 1 is 0.517 bits per heavy atom. The molecule has 4 rings (SSSR count). The van der Waals surface area contributed by atoms with E-state index in [1.807, 2.05) is 30.3 Å². The van der Waals surface area contributed by atoms with E-state index in [0.717, 1.165) is 5.75 Å². The summed E-state index contributed by atoms with van der Waals surface area (Å²) in [4.78, 5) is 0. The third-order valence-electron chi connectivity index (χ3n) is 4.61. The molecule has 0 saturated heterocycles. The Morgan fingerprint density at radius 2 is 0.897 bits per heavy atom. The quantitative estimate of drug-likeness (QED) is 0.482. The maximum atomic E-state index is 14.3. The zero-order chi connectivity index (χ0) is 20.3. The van der Waals surface area contributed by atoms with Gasteiger partial charge in [0, 0.05) is 15.9 Å². The molecule has 0 aromatic heterocycles. The van der Waals surface area contributed by atoms with Gasteiger partial charge < -0.3 is 19.5 Å². The highest BCUT2D eigenvalue weighted by atomic mass is 31.2. The van der Waals surface area contributed by atoms with E-state index in [0.29, 0.717) is 21.7 Å². The van der Waals surface area contributed by atoms with Crippen LogP contribution >= 0.6 is 7.14 Å². The molecule has 0 unspecified atom stereocenters. The molecular weight excluding hydrogens is 383 g/mol. The van der Waals surface area contributed by atoms with E-state index in [2.05, 4.69) is 0 Å². The van der Waals surface area contributed by atoms with Gasteiger partial charge in [0.1, 0.15) is 23.0 Å². The number of benzene rings is 4. The van der Waals surface area contributed by atoms with Gasteiger partial charge in [0.15, 0.2) is 7.14 Å². The lowest BCUT2D eigenvalue weighted by molar-refractivity contribution is 0.475. The first kappa shape index (κ1) is 18.9. The largest absolute Gasteiger partial charge is 0.508 e. The number of aromatic hydroxyl groups is 2. The second kappa shape index (κ2) is 7.86. The minimum atomic E-state index is -3.20. The van der Waals surface area contributed by atoms with Gasteiger partial charge >= 0.3 is 0 Å². The molecule has 0 heterocycles. The Morgan fingerprint density at radius 3 is 1.34 bits per heavy atom. The van der Waals surface area contributed by atoms with Crippen LogP contribution < -0.4 is 20.7 Å². The fraction of sp³-hybridized carbons (Fsp3) is 0. The summed E-state index contributed by atoms with van der Waals surface area (Å²) >= 11 is 0. The molecule has 0 spiro atoms. The molecule has 5 heteroatoms. The molecule has 2 N–H and O–H groups in total. The number of hydrogen-bond donors (Lipinski definition) is 2. The summed E-state index contributed by atoms with van der Waals surface area (Å²) in [5.74, 6) is 1.58. The maximum Gasteiger partial charge on any atom is 0.171 e. The van der Waals surface area contributed by atoms with E-state index in [1.165, 1.54) is 24.3 Å². The first-order valence-electron chi connectivity index (χ1n) is 9.08. The van der Waals surface area contributed by atoms with Crippen molar-refractivity contribution in [2.24, 2.45) is 0 Å². The Balaban J connectivity index is 1.76. The van der Waals surface area contributed by atoms with Crippen LogP contribution in [0.25, 0.3) is 0 Å². The first-order valence-corrected chi connectivity index (χ1v) is 10.8. The van der Waals surface area contributed by atoms with E-state index in [1.54, 1.807) is 48.5 Å². The van der Waals surface area contributed by atoms with Crippen molar-refractivity contribution in [3.63, 3.8) is 0 Å². The SMILES string of the molecule is O=P(c1ccc(O)cc1)(c1ccc(O)cc1)c1ccc(Oc2ccccc2)cc1. The standard InChI is InChI=1S/C24H19O4P/c25-18-6-12-22(13-7-18)29(27,23-14-8-19(26)9-15-23)24-16-10-21(11-17-24)28-20-4-2-1-3-5-20/h1-17,25-26H. The molecule has 0 amide bonds. The number of phenols is 2. The Labute approximate surface area is 169 Å². The van der Waals surface area contributed by atoms with Gasteiger partial charge in [-0.3, -0.25) is 0 Å². The van der Waals surface area contributed by atoms with Crippen LogP contribution in [0.1, 0.15) is 0 Å². The molecule has 0 atom stereocenters. The van der Waals surface area contributed by atoms with Crippen LogP contribution in [0, 0.1) is 0 Å². The number of hydrogen-bond acceptors (Lipinski definition) is 4. The Kier molecular flexibility index (Phi) is 5.11. The molecule has 29 heavy (non-hydrogen) atoms. The van der Waals surface area contributed by atoms with Crippen LogP contribution in [0.2, 0.25) is 0 Å².